The van der Waals surface area contributed by atoms with Gasteiger partial charge in [0.1, 0.15) is 0 Å². The van der Waals surface area contributed by atoms with Gasteiger partial charge < -0.3 is 10.2 Å². The highest BCUT2D eigenvalue weighted by Crippen LogP contribution is 2.29. The number of carbonyl (C=O) groups excluding carboxylic acids is 2. The lowest BCUT2D eigenvalue weighted by Crippen LogP contribution is -2.34. The first-order valence-corrected chi connectivity index (χ1v) is 10.8. The zero-order valence-corrected chi connectivity index (χ0v) is 17.4. The predicted octanol–water partition coefficient (Wildman–Crippen LogP) is 5.12. The zero-order chi connectivity index (χ0) is 20.5. The van der Waals surface area contributed by atoms with Gasteiger partial charge in [0.05, 0.1) is 0 Å². The van der Waals surface area contributed by atoms with Crippen LogP contribution in [0.1, 0.15) is 60.9 Å². The molecule has 0 atom stereocenters. The fourth-order valence-electron chi connectivity index (χ4n) is 4.01. The van der Waals surface area contributed by atoms with Crippen LogP contribution in [0.4, 0.5) is 5.69 Å². The number of anilines is 1. The fourth-order valence-corrected chi connectivity index (χ4v) is 4.01. The van der Waals surface area contributed by atoms with Gasteiger partial charge in [0.25, 0.3) is 5.91 Å². The first-order valence-electron chi connectivity index (χ1n) is 10.8. The second kappa shape index (κ2) is 10.8. The molecule has 0 aliphatic heterocycles. The van der Waals surface area contributed by atoms with Gasteiger partial charge in [0.2, 0.25) is 5.91 Å². The van der Waals surface area contributed by atoms with E-state index in [1.165, 1.54) is 25.7 Å². The highest BCUT2D eigenvalue weighted by Gasteiger charge is 2.20. The summed E-state index contributed by atoms with van der Waals surface area (Å²) in [6.45, 7) is 3.16. The summed E-state index contributed by atoms with van der Waals surface area (Å²) in [4.78, 5) is 27.1. The van der Waals surface area contributed by atoms with Gasteiger partial charge in [-0.1, -0.05) is 61.6 Å². The number of nitrogens with one attached hydrogen (secondary N) is 1. The monoisotopic (exact) mass is 392 g/mol. The van der Waals surface area contributed by atoms with Crippen molar-refractivity contribution in [2.24, 2.45) is 5.92 Å². The first-order chi connectivity index (χ1) is 14.1. The van der Waals surface area contributed by atoms with Crippen molar-refractivity contribution in [1.82, 2.24) is 5.32 Å². The van der Waals surface area contributed by atoms with Crippen molar-refractivity contribution in [2.45, 2.75) is 51.9 Å². The van der Waals surface area contributed by atoms with Crippen molar-refractivity contribution in [1.29, 1.82) is 0 Å². The summed E-state index contributed by atoms with van der Waals surface area (Å²) in [7, 11) is 0. The van der Waals surface area contributed by atoms with Crippen LogP contribution >= 0.6 is 0 Å². The van der Waals surface area contributed by atoms with Crippen LogP contribution in [0.15, 0.2) is 54.6 Å². The Bertz CT molecular complexity index is 780. The van der Waals surface area contributed by atoms with Crippen molar-refractivity contribution in [2.75, 3.05) is 18.0 Å². The molecule has 3 rings (SSSR count). The van der Waals surface area contributed by atoms with Crippen LogP contribution in [0.25, 0.3) is 0 Å². The van der Waals surface area contributed by atoms with Crippen molar-refractivity contribution in [3.63, 3.8) is 0 Å². The second-order valence-electron chi connectivity index (χ2n) is 8.05. The number of benzene rings is 2. The molecule has 1 saturated carbocycles. The molecule has 2 aromatic carbocycles. The molecule has 0 aromatic heterocycles. The molecule has 2 aromatic rings. The molecule has 2 amide bonds. The fraction of sp³-hybridized carbons (Fsp3) is 0.440. The van der Waals surface area contributed by atoms with Gasteiger partial charge in [-0.3, -0.25) is 9.59 Å². The highest BCUT2D eigenvalue weighted by atomic mass is 16.2. The van der Waals surface area contributed by atoms with Gasteiger partial charge in [-0.2, -0.15) is 0 Å². The molecular weight excluding hydrogens is 360 g/mol. The maximum atomic E-state index is 12.9. The van der Waals surface area contributed by atoms with Crippen molar-refractivity contribution in [3.8, 4) is 0 Å². The summed E-state index contributed by atoms with van der Waals surface area (Å²) in [5.74, 6) is 0.835. The van der Waals surface area contributed by atoms with Crippen LogP contribution in [0.2, 0.25) is 0 Å². The third-order valence-corrected chi connectivity index (χ3v) is 5.77. The van der Waals surface area contributed by atoms with Crippen LogP contribution in [0, 0.1) is 12.8 Å². The van der Waals surface area contributed by atoms with E-state index in [4.69, 9.17) is 0 Å². The number of nitrogens with zero attached hydrogens (tertiary/aromatic N) is 1. The number of carbonyl (C=O) groups is 2. The van der Waals surface area contributed by atoms with E-state index in [-0.39, 0.29) is 11.8 Å². The number of aryl methyl sites for hydroxylation is 1. The number of rotatable bonds is 9. The summed E-state index contributed by atoms with van der Waals surface area (Å²) in [6.07, 6.45) is 7.47. The molecule has 0 saturated heterocycles. The Labute approximate surface area is 174 Å². The van der Waals surface area contributed by atoms with Crippen LogP contribution in [0.3, 0.4) is 0 Å². The third-order valence-electron chi connectivity index (χ3n) is 5.77. The molecule has 1 fully saturated rings. The molecule has 29 heavy (non-hydrogen) atoms. The largest absolute Gasteiger partial charge is 0.352 e. The van der Waals surface area contributed by atoms with E-state index in [2.05, 4.69) is 5.32 Å². The van der Waals surface area contributed by atoms with Crippen LogP contribution in [0.5, 0.6) is 0 Å². The number of amides is 2. The maximum Gasteiger partial charge on any atom is 0.251 e. The van der Waals surface area contributed by atoms with Gasteiger partial charge in [0, 0.05) is 30.8 Å². The van der Waals surface area contributed by atoms with Gasteiger partial charge in [0.15, 0.2) is 0 Å². The summed E-state index contributed by atoms with van der Waals surface area (Å²) >= 11 is 0. The summed E-state index contributed by atoms with van der Waals surface area (Å²) in [5, 5.41) is 2.96. The third kappa shape index (κ3) is 6.45. The molecule has 0 radical (unpaired) electrons. The van der Waals surface area contributed by atoms with Crippen LogP contribution < -0.4 is 10.2 Å². The summed E-state index contributed by atoms with van der Waals surface area (Å²) in [6, 6.07) is 17.4. The Hall–Kier alpha value is -2.62. The highest BCUT2D eigenvalue weighted by molar-refractivity contribution is 5.94. The normalized spacial score (nSPS) is 14.0. The molecule has 0 unspecified atom stereocenters. The van der Waals surface area contributed by atoms with E-state index in [0.717, 1.165) is 24.1 Å². The summed E-state index contributed by atoms with van der Waals surface area (Å²) in [5.41, 5.74) is 2.74. The molecule has 0 heterocycles. The average molecular weight is 393 g/mol. The number of para-hydroxylation sites is 1. The molecule has 1 N–H and O–H groups in total. The van der Waals surface area contributed by atoms with E-state index >= 15 is 0 Å². The van der Waals surface area contributed by atoms with E-state index in [0.29, 0.717) is 31.0 Å². The molecule has 154 valence electrons. The Balaban J connectivity index is 1.50. The molecular formula is C25H32N2O2. The van der Waals surface area contributed by atoms with Gasteiger partial charge in [-0.15, -0.1) is 0 Å². The first kappa shape index (κ1) is 21.1. The molecule has 0 bridgehead atoms. The van der Waals surface area contributed by atoms with Crippen molar-refractivity contribution < 1.29 is 9.59 Å². The lowest BCUT2D eigenvalue weighted by molar-refractivity contribution is -0.118. The lowest BCUT2D eigenvalue weighted by Gasteiger charge is -2.24. The van der Waals surface area contributed by atoms with E-state index in [1.807, 2.05) is 66.4 Å². The minimum atomic E-state index is -0.0659. The van der Waals surface area contributed by atoms with Crippen molar-refractivity contribution in [3.05, 3.63) is 65.7 Å². The van der Waals surface area contributed by atoms with Gasteiger partial charge in [-0.05, 0) is 49.9 Å². The quantitative estimate of drug-likeness (QED) is 0.602. The minimum absolute atomic E-state index is 0.0659. The van der Waals surface area contributed by atoms with Gasteiger partial charge in [-0.25, -0.2) is 0 Å². The SMILES string of the molecule is Cc1ccc(C(=O)NCCCN(C(=O)CCC2CCCC2)c2ccccc2)cc1. The average Bonchev–Trinajstić information content (AvgIpc) is 3.27. The second-order valence-corrected chi connectivity index (χ2v) is 8.05. The predicted molar refractivity (Wildman–Crippen MR) is 118 cm³/mol. The van der Waals surface area contributed by atoms with Crippen LogP contribution in [-0.4, -0.2) is 24.9 Å². The zero-order valence-electron chi connectivity index (χ0n) is 17.4. The van der Waals surface area contributed by atoms with E-state index < -0.39 is 0 Å². The minimum Gasteiger partial charge on any atom is -0.352 e. The maximum absolute atomic E-state index is 12.9. The van der Waals surface area contributed by atoms with Crippen molar-refractivity contribution >= 4 is 17.5 Å². The summed E-state index contributed by atoms with van der Waals surface area (Å²) < 4.78 is 0. The van der Waals surface area contributed by atoms with Crippen LogP contribution in [-0.2, 0) is 4.79 Å². The van der Waals surface area contributed by atoms with E-state index in [1.54, 1.807) is 0 Å². The lowest BCUT2D eigenvalue weighted by atomic mass is 10.0. The van der Waals surface area contributed by atoms with E-state index in [9.17, 15) is 9.59 Å². The molecule has 1 aliphatic carbocycles. The molecule has 0 spiro atoms. The topological polar surface area (TPSA) is 49.4 Å². The Morgan fingerprint density at radius 1 is 1.00 bits per heavy atom. The Morgan fingerprint density at radius 2 is 1.69 bits per heavy atom. The molecule has 1 aliphatic rings. The Kier molecular flexibility index (Phi) is 7.85. The smallest absolute Gasteiger partial charge is 0.251 e. The number of hydrogen-bond acceptors (Lipinski definition) is 2. The Morgan fingerprint density at radius 3 is 2.38 bits per heavy atom. The van der Waals surface area contributed by atoms with Gasteiger partial charge >= 0.3 is 0 Å². The number of hydrogen-bond donors (Lipinski definition) is 1. The standard InChI is InChI=1S/C25H32N2O2/c1-20-12-15-22(16-13-20)25(29)26-18-7-19-27(23-10-3-2-4-11-23)24(28)17-14-21-8-5-6-9-21/h2-4,10-13,15-16,21H,5-9,14,17-19H2,1H3,(H,26,29). The molecule has 4 nitrogen and oxygen atoms in total. The molecule has 4 heteroatoms.